The molecule has 0 bridgehead atoms. The molecule has 0 aliphatic heterocycles. The summed E-state index contributed by atoms with van der Waals surface area (Å²) in [6.07, 6.45) is 7.00. The van der Waals surface area contributed by atoms with Crippen LogP contribution in [-0.2, 0) is 16.1 Å². The van der Waals surface area contributed by atoms with Gasteiger partial charge >= 0.3 is 6.16 Å². The van der Waals surface area contributed by atoms with Gasteiger partial charge in [0.2, 0.25) is 0 Å². The van der Waals surface area contributed by atoms with Gasteiger partial charge in [0.1, 0.15) is 6.61 Å². The first kappa shape index (κ1) is 30.8. The lowest BCUT2D eigenvalue weighted by molar-refractivity contribution is -0.386. The molecule has 3 saturated carbocycles. The Kier molecular flexibility index (Phi) is 8.12. The van der Waals surface area contributed by atoms with E-state index in [1.54, 1.807) is 6.07 Å². The highest BCUT2D eigenvalue weighted by Crippen LogP contribution is 2.72. The minimum Gasteiger partial charge on any atom is -0.434 e. The Balaban J connectivity index is 1.29. The number of fused-ring (bicyclic) bond motifs is 5. The van der Waals surface area contributed by atoms with Gasteiger partial charge in [-0.15, -0.1) is 23.2 Å². The average molecular weight is 673 g/mol. The number of nitrogens with zero attached hydrogens (tertiary/aromatic N) is 1. The lowest BCUT2D eigenvalue weighted by atomic mass is 9.45. The molecule has 0 saturated heterocycles. The quantitative estimate of drug-likeness (QED) is 0.109. The minimum absolute atomic E-state index is 0.0171. The summed E-state index contributed by atoms with van der Waals surface area (Å²) in [4.78, 5) is 22.4. The monoisotopic (exact) mass is 671 g/mol. The lowest BCUT2D eigenvalue weighted by Crippen LogP contribution is -2.67. The molecule has 9 atom stereocenters. The average Bonchev–Trinajstić information content (AvgIpc) is 3.09. The number of aliphatic hydroxyl groups is 2. The van der Waals surface area contributed by atoms with Crippen molar-refractivity contribution >= 4 is 51.0 Å². The molecule has 0 amide bonds. The van der Waals surface area contributed by atoms with Crippen molar-refractivity contribution in [3.05, 3.63) is 62.2 Å². The van der Waals surface area contributed by atoms with Crippen molar-refractivity contribution in [1.29, 1.82) is 0 Å². The van der Waals surface area contributed by atoms with Crippen LogP contribution in [0.25, 0.3) is 0 Å². The van der Waals surface area contributed by atoms with E-state index in [1.165, 1.54) is 17.7 Å². The van der Waals surface area contributed by atoms with Gasteiger partial charge in [-0.25, -0.2) is 4.79 Å². The van der Waals surface area contributed by atoms with Crippen LogP contribution in [0.5, 0.6) is 0 Å². The van der Waals surface area contributed by atoms with Gasteiger partial charge in [-0.1, -0.05) is 50.6 Å². The van der Waals surface area contributed by atoms with E-state index in [4.69, 9.17) is 32.7 Å². The number of allylic oxidation sites excluding steroid dienone is 4. The first-order chi connectivity index (χ1) is 19.2. The highest BCUT2D eigenvalue weighted by molar-refractivity contribution is 9.10. The molecule has 0 radical (unpaired) electrons. The molecule has 224 valence electrons. The third kappa shape index (κ3) is 4.57. The molecule has 41 heavy (non-hydrogen) atoms. The first-order valence-corrected chi connectivity index (χ1v) is 15.6. The molecule has 11 heteroatoms. The van der Waals surface area contributed by atoms with Crippen molar-refractivity contribution in [2.45, 2.75) is 81.4 Å². The number of hydrogen-bond acceptors (Lipinski definition) is 7. The van der Waals surface area contributed by atoms with Crippen LogP contribution in [-0.4, -0.2) is 49.9 Å². The van der Waals surface area contributed by atoms with Crippen LogP contribution in [0.4, 0.5) is 10.5 Å². The van der Waals surface area contributed by atoms with Crippen LogP contribution in [0.3, 0.4) is 0 Å². The maximum absolute atomic E-state index is 12.4. The largest absolute Gasteiger partial charge is 0.508 e. The zero-order valence-corrected chi connectivity index (χ0v) is 26.4. The van der Waals surface area contributed by atoms with E-state index in [9.17, 15) is 25.1 Å². The Morgan fingerprint density at radius 2 is 1.98 bits per heavy atom. The number of halogens is 3. The van der Waals surface area contributed by atoms with E-state index in [1.807, 2.05) is 6.92 Å². The molecule has 3 unspecified atom stereocenters. The second-order valence-corrected chi connectivity index (χ2v) is 14.5. The number of carbonyl (C=O) groups is 1. The number of ether oxygens (including phenoxy) is 2. The van der Waals surface area contributed by atoms with Gasteiger partial charge in [-0.3, -0.25) is 10.1 Å². The van der Waals surface area contributed by atoms with Gasteiger partial charge in [0, 0.05) is 17.3 Å². The van der Waals surface area contributed by atoms with Crippen LogP contribution in [0.2, 0.25) is 0 Å². The normalized spacial score (nSPS) is 41.1. The third-order valence-electron chi connectivity index (χ3n) is 10.7. The number of para-hydroxylation sites is 1. The molecule has 8 nitrogen and oxygen atoms in total. The molecule has 0 aromatic heterocycles. The zero-order valence-electron chi connectivity index (χ0n) is 23.3. The fourth-order valence-electron chi connectivity index (χ4n) is 8.60. The summed E-state index contributed by atoms with van der Waals surface area (Å²) in [5, 5.41) is 34.2. The van der Waals surface area contributed by atoms with E-state index < -0.39 is 43.9 Å². The summed E-state index contributed by atoms with van der Waals surface area (Å²) in [6, 6.07) is 4.63. The minimum atomic E-state index is -1.56. The van der Waals surface area contributed by atoms with Crippen molar-refractivity contribution in [2.24, 2.45) is 28.6 Å². The van der Waals surface area contributed by atoms with Crippen LogP contribution < -0.4 is 0 Å². The number of carbonyl (C=O) groups excluding carboxylic acids is 1. The molecule has 4 aliphatic carbocycles. The molecule has 1 aromatic rings. The van der Waals surface area contributed by atoms with Crippen LogP contribution in [0.15, 0.2) is 46.5 Å². The Labute approximate surface area is 258 Å². The summed E-state index contributed by atoms with van der Waals surface area (Å²) in [5.41, 5.74) is -1.41. The third-order valence-corrected chi connectivity index (χ3v) is 12.9. The molecule has 0 spiro atoms. The first-order valence-electron chi connectivity index (χ1n) is 14.0. The molecule has 1 aromatic carbocycles. The van der Waals surface area contributed by atoms with E-state index in [-0.39, 0.29) is 53.1 Å². The number of rotatable bonds is 6. The van der Waals surface area contributed by atoms with Crippen molar-refractivity contribution in [3.63, 3.8) is 0 Å². The van der Waals surface area contributed by atoms with Crippen LogP contribution in [0, 0.1) is 38.7 Å². The molecule has 3 fully saturated rings. The van der Waals surface area contributed by atoms with E-state index in [0.29, 0.717) is 12.8 Å². The molecular weight excluding hydrogens is 637 g/mol. The van der Waals surface area contributed by atoms with Gasteiger partial charge in [-0.05, 0) is 71.5 Å². The zero-order chi connectivity index (χ0) is 30.0. The number of alkyl halides is 2. The Bertz CT molecular complexity index is 1310. The van der Waals surface area contributed by atoms with E-state index in [2.05, 4.69) is 48.0 Å². The molecule has 0 heterocycles. The second kappa shape index (κ2) is 10.8. The molecule has 5 rings (SSSR count). The smallest absolute Gasteiger partial charge is 0.434 e. The summed E-state index contributed by atoms with van der Waals surface area (Å²) >= 11 is 18.0. The predicted molar refractivity (Wildman–Crippen MR) is 159 cm³/mol. The lowest BCUT2D eigenvalue weighted by Gasteiger charge is -2.65. The SMILES string of the molecule is CC1C[C@H]2[C@@H]3CC(O)[C@](O)(CCOC(=O)OCc4cccc(Br)c4[N+](=O)[O-])[C@@]3(C)CC(Cl)[C@]2(Cl)[C@@]2(C)C=CCC=C12. The highest BCUT2D eigenvalue weighted by atomic mass is 79.9. The van der Waals surface area contributed by atoms with Crippen molar-refractivity contribution < 1.29 is 29.4 Å². The number of hydrogen-bond donors (Lipinski definition) is 2. The Morgan fingerprint density at radius 1 is 1.24 bits per heavy atom. The van der Waals surface area contributed by atoms with Gasteiger partial charge < -0.3 is 19.7 Å². The molecule has 2 N–H and O–H groups in total. The summed E-state index contributed by atoms with van der Waals surface area (Å²) in [6.45, 7) is 5.80. The maximum Gasteiger partial charge on any atom is 0.508 e. The summed E-state index contributed by atoms with van der Waals surface area (Å²) in [5.74, 6) is 0.161. The van der Waals surface area contributed by atoms with Crippen molar-refractivity contribution in [1.82, 2.24) is 0 Å². The van der Waals surface area contributed by atoms with Gasteiger partial charge in [0.25, 0.3) is 5.69 Å². The molecule has 4 aliphatic rings. The van der Waals surface area contributed by atoms with Crippen LogP contribution >= 0.6 is 39.1 Å². The predicted octanol–water partition coefficient (Wildman–Crippen LogP) is 7.06. The number of aliphatic hydroxyl groups excluding tert-OH is 1. The van der Waals surface area contributed by atoms with Gasteiger partial charge in [-0.2, -0.15) is 0 Å². The standard InChI is InChI=1S/C30H36BrCl2NO7/c1-17-13-21-20-14-24(35)29(37,11-12-40-26(36)41-16-18-7-6-9-22(31)25(18)34(38)39)28(20,3)15-23(32)30(21,33)27(2)10-5-4-8-19(17)27/h5-10,17,20-21,23-24,35,37H,4,11-16H2,1-3H3/t17?,20-,21-,23?,24?,27-,28-,29+,30-/m0/s1. The number of nitro groups is 1. The Morgan fingerprint density at radius 3 is 2.68 bits per heavy atom. The topological polar surface area (TPSA) is 119 Å². The Hall–Kier alpha value is -1.65. The van der Waals surface area contributed by atoms with Crippen LogP contribution in [0.1, 0.15) is 58.4 Å². The van der Waals surface area contributed by atoms with Gasteiger partial charge in [0.15, 0.2) is 0 Å². The van der Waals surface area contributed by atoms with E-state index in [0.717, 1.165) is 12.8 Å². The molecular formula is C30H36BrCl2NO7. The van der Waals surface area contributed by atoms with Gasteiger partial charge in [0.05, 0.1) is 43.5 Å². The number of benzene rings is 1. The fourth-order valence-corrected chi connectivity index (χ4v) is 10.4. The number of nitro benzene ring substituents is 1. The second-order valence-electron chi connectivity index (χ2n) is 12.5. The highest BCUT2D eigenvalue weighted by Gasteiger charge is 2.73. The van der Waals surface area contributed by atoms with Crippen molar-refractivity contribution in [3.8, 4) is 0 Å². The fraction of sp³-hybridized carbons (Fsp3) is 0.633. The summed E-state index contributed by atoms with van der Waals surface area (Å²) in [7, 11) is 0. The van der Waals surface area contributed by atoms with Crippen molar-refractivity contribution in [2.75, 3.05) is 6.61 Å². The van der Waals surface area contributed by atoms with E-state index >= 15 is 0 Å². The maximum atomic E-state index is 12.4. The summed E-state index contributed by atoms with van der Waals surface area (Å²) < 4.78 is 10.7.